The molecule has 1 amide bonds. The number of nitrogens with zero attached hydrogens (tertiary/aromatic N) is 2. The monoisotopic (exact) mass is 436 g/mol. The summed E-state index contributed by atoms with van der Waals surface area (Å²) in [6.45, 7) is 4.79. The van der Waals surface area contributed by atoms with Crippen molar-refractivity contribution in [3.05, 3.63) is 70.6 Å². The number of carbonyl (C=O) groups excluding carboxylic acids is 1. The Morgan fingerprint density at radius 3 is 2.62 bits per heavy atom. The fourth-order valence-corrected chi connectivity index (χ4v) is 2.88. The van der Waals surface area contributed by atoms with Crippen molar-refractivity contribution in [2.45, 2.75) is 39.2 Å². The molecule has 0 bridgehead atoms. The molecule has 0 aliphatic carbocycles. The highest BCUT2D eigenvalue weighted by molar-refractivity contribution is 5.76. The number of hydrogen-bond donors (Lipinski definition) is 2. The number of carbonyl (C=O) groups is 1. The van der Waals surface area contributed by atoms with Gasteiger partial charge in [-0.25, -0.2) is 0 Å². The number of rotatable bonds is 11. The highest BCUT2D eigenvalue weighted by Crippen LogP contribution is 2.21. The van der Waals surface area contributed by atoms with Gasteiger partial charge in [-0.1, -0.05) is 37.3 Å². The zero-order valence-corrected chi connectivity index (χ0v) is 18.3. The Morgan fingerprint density at radius 2 is 1.88 bits per heavy atom. The minimum absolute atomic E-state index is 0.0915. The van der Waals surface area contributed by atoms with Gasteiger partial charge in [0.1, 0.15) is 23.8 Å². The zero-order chi connectivity index (χ0) is 22.8. The van der Waals surface area contributed by atoms with Crippen LogP contribution in [0.1, 0.15) is 32.4 Å². The molecular formula is C24H28N4O4. The molecule has 1 heterocycles. The molecule has 2 N–H and O–H groups in total. The number of aromatic amines is 1. The van der Waals surface area contributed by atoms with Crippen LogP contribution >= 0.6 is 0 Å². The first-order valence-corrected chi connectivity index (χ1v) is 10.7. The van der Waals surface area contributed by atoms with Crippen molar-refractivity contribution in [1.29, 1.82) is 0 Å². The van der Waals surface area contributed by atoms with Crippen molar-refractivity contribution in [1.82, 2.24) is 20.5 Å². The van der Waals surface area contributed by atoms with E-state index in [2.05, 4.69) is 27.4 Å². The van der Waals surface area contributed by atoms with Crippen LogP contribution < -0.4 is 20.3 Å². The number of ether oxygens (including phenoxy) is 2. The lowest BCUT2D eigenvalue weighted by Crippen LogP contribution is -2.29. The highest BCUT2D eigenvalue weighted by atomic mass is 16.5. The molecule has 2 aromatic carbocycles. The van der Waals surface area contributed by atoms with Crippen LogP contribution in [0.5, 0.6) is 11.5 Å². The van der Waals surface area contributed by atoms with Gasteiger partial charge in [-0.05, 0) is 37.6 Å². The zero-order valence-electron chi connectivity index (χ0n) is 18.3. The maximum absolute atomic E-state index is 12.4. The molecule has 8 nitrogen and oxygen atoms in total. The largest absolute Gasteiger partial charge is 0.492 e. The van der Waals surface area contributed by atoms with E-state index in [1.807, 2.05) is 61.5 Å². The fraction of sp³-hybridized carbons (Fsp3) is 0.333. The van der Waals surface area contributed by atoms with Crippen molar-refractivity contribution in [2.24, 2.45) is 0 Å². The summed E-state index contributed by atoms with van der Waals surface area (Å²) in [7, 11) is 0. The van der Waals surface area contributed by atoms with Gasteiger partial charge in [-0.15, -0.1) is 10.2 Å². The van der Waals surface area contributed by atoms with Crippen molar-refractivity contribution in [3.63, 3.8) is 0 Å². The SMILES string of the molecule is CCC(C)Oc1cccc(-c2nnc(CCC(=O)NCCOc3ccccc3)c(=O)[nH]2)c1. The third-order valence-corrected chi connectivity index (χ3v) is 4.81. The molecule has 168 valence electrons. The lowest BCUT2D eigenvalue weighted by molar-refractivity contribution is -0.121. The maximum atomic E-state index is 12.4. The van der Waals surface area contributed by atoms with Crippen LogP contribution in [0, 0.1) is 0 Å². The molecule has 0 fully saturated rings. The minimum Gasteiger partial charge on any atom is -0.492 e. The number of amides is 1. The summed E-state index contributed by atoms with van der Waals surface area (Å²) in [5, 5.41) is 10.9. The van der Waals surface area contributed by atoms with E-state index in [0.717, 1.165) is 12.2 Å². The first-order valence-electron chi connectivity index (χ1n) is 10.7. The average Bonchev–Trinajstić information content (AvgIpc) is 2.81. The first kappa shape index (κ1) is 23.0. The van der Waals surface area contributed by atoms with Gasteiger partial charge in [0, 0.05) is 18.4 Å². The molecule has 0 aliphatic rings. The first-order chi connectivity index (χ1) is 15.5. The second kappa shape index (κ2) is 11.6. The second-order valence-electron chi connectivity index (χ2n) is 7.33. The summed E-state index contributed by atoms with van der Waals surface area (Å²) in [4.78, 5) is 27.2. The maximum Gasteiger partial charge on any atom is 0.273 e. The Bertz CT molecular complexity index is 1070. The van der Waals surface area contributed by atoms with Gasteiger partial charge in [0.05, 0.1) is 12.6 Å². The Morgan fingerprint density at radius 1 is 1.09 bits per heavy atom. The number of nitrogens with one attached hydrogen (secondary N) is 2. The third-order valence-electron chi connectivity index (χ3n) is 4.81. The van der Waals surface area contributed by atoms with Crippen LogP contribution in [0.15, 0.2) is 59.4 Å². The van der Waals surface area contributed by atoms with E-state index < -0.39 is 0 Å². The molecule has 3 aromatic rings. The summed E-state index contributed by atoms with van der Waals surface area (Å²) in [6.07, 6.45) is 1.32. The van der Waals surface area contributed by atoms with E-state index in [9.17, 15) is 9.59 Å². The third kappa shape index (κ3) is 6.94. The van der Waals surface area contributed by atoms with Crippen LogP contribution in [-0.4, -0.2) is 40.3 Å². The van der Waals surface area contributed by atoms with E-state index in [4.69, 9.17) is 9.47 Å². The van der Waals surface area contributed by atoms with Crippen molar-refractivity contribution in [2.75, 3.05) is 13.2 Å². The molecule has 1 aromatic heterocycles. The Balaban J connectivity index is 1.49. The molecule has 0 spiro atoms. The van der Waals surface area contributed by atoms with Gasteiger partial charge in [0.2, 0.25) is 5.91 Å². The van der Waals surface area contributed by atoms with E-state index in [1.165, 1.54) is 0 Å². The summed E-state index contributed by atoms with van der Waals surface area (Å²) < 4.78 is 11.3. The number of aromatic nitrogens is 3. The molecule has 0 radical (unpaired) electrons. The predicted octanol–water partition coefficient (Wildman–Crippen LogP) is 3.14. The minimum atomic E-state index is -0.358. The molecule has 8 heteroatoms. The van der Waals surface area contributed by atoms with E-state index in [0.29, 0.717) is 30.3 Å². The van der Waals surface area contributed by atoms with Crippen LogP contribution in [0.3, 0.4) is 0 Å². The molecule has 0 saturated carbocycles. The lowest BCUT2D eigenvalue weighted by atomic mass is 10.2. The molecule has 32 heavy (non-hydrogen) atoms. The van der Waals surface area contributed by atoms with Gasteiger partial charge in [0.15, 0.2) is 5.82 Å². The molecule has 0 saturated heterocycles. The summed E-state index contributed by atoms with van der Waals surface area (Å²) in [6, 6.07) is 16.7. The quantitative estimate of drug-likeness (QED) is 0.447. The van der Waals surface area contributed by atoms with Gasteiger partial charge in [-0.2, -0.15) is 0 Å². The second-order valence-corrected chi connectivity index (χ2v) is 7.33. The molecule has 3 rings (SSSR count). The lowest BCUT2D eigenvalue weighted by Gasteiger charge is -2.13. The average molecular weight is 437 g/mol. The van der Waals surface area contributed by atoms with Crippen LogP contribution in [0.4, 0.5) is 0 Å². The topological polar surface area (TPSA) is 106 Å². The van der Waals surface area contributed by atoms with Crippen LogP contribution in [0.2, 0.25) is 0 Å². The highest BCUT2D eigenvalue weighted by Gasteiger charge is 2.10. The summed E-state index contributed by atoms with van der Waals surface area (Å²) in [5.41, 5.74) is 0.568. The Labute approximate surface area is 187 Å². The molecule has 1 unspecified atom stereocenters. The summed E-state index contributed by atoms with van der Waals surface area (Å²) >= 11 is 0. The molecule has 0 aliphatic heterocycles. The van der Waals surface area contributed by atoms with E-state index >= 15 is 0 Å². The normalized spacial score (nSPS) is 11.6. The van der Waals surface area contributed by atoms with E-state index in [1.54, 1.807) is 0 Å². The molecule has 1 atom stereocenters. The number of H-pyrrole nitrogens is 1. The number of aryl methyl sites for hydroxylation is 1. The number of hydrogen-bond acceptors (Lipinski definition) is 6. The van der Waals surface area contributed by atoms with Crippen LogP contribution in [0.25, 0.3) is 11.4 Å². The van der Waals surface area contributed by atoms with Gasteiger partial charge >= 0.3 is 0 Å². The van der Waals surface area contributed by atoms with E-state index in [-0.39, 0.29) is 36.1 Å². The van der Waals surface area contributed by atoms with Crippen LogP contribution in [-0.2, 0) is 11.2 Å². The van der Waals surface area contributed by atoms with Gasteiger partial charge < -0.3 is 19.8 Å². The number of para-hydroxylation sites is 1. The molecular weight excluding hydrogens is 408 g/mol. The van der Waals surface area contributed by atoms with Crippen molar-refractivity contribution < 1.29 is 14.3 Å². The fourth-order valence-electron chi connectivity index (χ4n) is 2.88. The number of benzene rings is 2. The predicted molar refractivity (Wildman–Crippen MR) is 122 cm³/mol. The van der Waals surface area contributed by atoms with Crippen molar-refractivity contribution in [3.8, 4) is 22.9 Å². The smallest absolute Gasteiger partial charge is 0.273 e. The standard InChI is InChI=1S/C24H28N4O4/c1-3-17(2)32-20-11-7-8-18(16-20)23-26-24(30)21(27-28-23)12-13-22(29)25-14-15-31-19-9-5-4-6-10-19/h4-11,16-17H,3,12-15H2,1-2H3,(H,25,29)(H,26,28,30). The van der Waals surface area contributed by atoms with Gasteiger partial charge in [0.25, 0.3) is 5.56 Å². The van der Waals surface area contributed by atoms with Crippen molar-refractivity contribution >= 4 is 5.91 Å². The summed E-state index contributed by atoms with van der Waals surface area (Å²) in [5.74, 6) is 1.63. The Kier molecular flexibility index (Phi) is 8.36. The Hall–Kier alpha value is -3.68. The van der Waals surface area contributed by atoms with Gasteiger partial charge in [-0.3, -0.25) is 9.59 Å².